The Morgan fingerprint density at radius 1 is 1.29 bits per heavy atom. The molecule has 2 rings (SSSR count). The predicted octanol–water partition coefficient (Wildman–Crippen LogP) is 2.38. The zero-order chi connectivity index (χ0) is 12.3. The van der Waals surface area contributed by atoms with E-state index in [2.05, 4.69) is 13.1 Å². The van der Waals surface area contributed by atoms with Gasteiger partial charge in [0.2, 0.25) is 6.04 Å². The van der Waals surface area contributed by atoms with Crippen molar-refractivity contribution in [1.29, 1.82) is 5.26 Å². The highest BCUT2D eigenvalue weighted by atomic mass is 35.5. The molecule has 90 valence electrons. The van der Waals surface area contributed by atoms with Gasteiger partial charge in [-0.1, -0.05) is 23.7 Å². The van der Waals surface area contributed by atoms with Crippen LogP contribution in [-0.4, -0.2) is 37.8 Å². The third-order valence-corrected chi connectivity index (χ3v) is 3.68. The number of halogens is 1. The number of hydrogen-bond acceptors (Lipinski definition) is 2. The molecule has 0 saturated carbocycles. The van der Waals surface area contributed by atoms with Crippen molar-refractivity contribution in [1.82, 2.24) is 0 Å². The standard InChI is InChI=1S/C13H16ClN2O/c1-16(6-8-17-9-7-16)13(10-15)11-2-4-12(14)5-3-11/h2-5,13H,6-9H2,1H3/q+1. The molecule has 1 aromatic rings. The number of rotatable bonds is 2. The number of morpholine rings is 1. The number of nitrogens with zero attached hydrogens (tertiary/aromatic N) is 2. The van der Waals surface area contributed by atoms with Crippen molar-refractivity contribution >= 4 is 11.6 Å². The fourth-order valence-corrected chi connectivity index (χ4v) is 2.36. The smallest absolute Gasteiger partial charge is 0.202 e. The van der Waals surface area contributed by atoms with Crippen LogP contribution in [0.1, 0.15) is 11.6 Å². The Labute approximate surface area is 107 Å². The molecule has 4 heteroatoms. The summed E-state index contributed by atoms with van der Waals surface area (Å²) in [5.41, 5.74) is 1.03. The van der Waals surface area contributed by atoms with E-state index >= 15 is 0 Å². The summed E-state index contributed by atoms with van der Waals surface area (Å²) in [5, 5.41) is 10.1. The number of ether oxygens (including phenoxy) is 1. The van der Waals surface area contributed by atoms with Crippen molar-refractivity contribution in [2.24, 2.45) is 0 Å². The van der Waals surface area contributed by atoms with Crippen LogP contribution in [0, 0.1) is 11.3 Å². The summed E-state index contributed by atoms with van der Waals surface area (Å²) in [6, 6.07) is 9.84. The van der Waals surface area contributed by atoms with Gasteiger partial charge in [0.15, 0.2) is 0 Å². The van der Waals surface area contributed by atoms with Gasteiger partial charge in [-0.25, -0.2) is 0 Å². The molecule has 0 amide bonds. The van der Waals surface area contributed by atoms with Gasteiger partial charge < -0.3 is 9.22 Å². The zero-order valence-corrected chi connectivity index (χ0v) is 10.7. The molecule has 17 heavy (non-hydrogen) atoms. The van der Waals surface area contributed by atoms with Crippen LogP contribution >= 0.6 is 11.6 Å². The first-order valence-electron chi connectivity index (χ1n) is 5.73. The molecule has 3 nitrogen and oxygen atoms in total. The van der Waals surface area contributed by atoms with Crippen molar-refractivity contribution in [3.63, 3.8) is 0 Å². The molecule has 0 aliphatic carbocycles. The van der Waals surface area contributed by atoms with E-state index in [0.717, 1.165) is 36.3 Å². The molecule has 0 aromatic heterocycles. The van der Waals surface area contributed by atoms with E-state index in [-0.39, 0.29) is 6.04 Å². The summed E-state index contributed by atoms with van der Waals surface area (Å²) in [6.45, 7) is 3.20. The lowest BCUT2D eigenvalue weighted by Gasteiger charge is -2.40. The molecule has 0 radical (unpaired) electrons. The fourth-order valence-electron chi connectivity index (χ4n) is 2.24. The Hall–Kier alpha value is -1.08. The summed E-state index contributed by atoms with van der Waals surface area (Å²) in [5.74, 6) is 0. The molecule has 1 unspecified atom stereocenters. The fraction of sp³-hybridized carbons (Fsp3) is 0.462. The van der Waals surface area contributed by atoms with Crippen molar-refractivity contribution in [2.75, 3.05) is 33.4 Å². The van der Waals surface area contributed by atoms with Gasteiger partial charge in [-0.05, 0) is 12.1 Å². The zero-order valence-electron chi connectivity index (χ0n) is 9.90. The van der Waals surface area contributed by atoms with Gasteiger partial charge in [-0.3, -0.25) is 0 Å². The van der Waals surface area contributed by atoms with Gasteiger partial charge in [-0.2, -0.15) is 5.26 Å². The Bertz CT molecular complexity index is 418. The molecule has 0 bridgehead atoms. The third-order valence-electron chi connectivity index (χ3n) is 3.42. The summed E-state index contributed by atoms with van der Waals surface area (Å²) in [6.07, 6.45) is 0. The molecule has 1 atom stereocenters. The first kappa shape index (κ1) is 12.4. The minimum Gasteiger partial charge on any atom is -0.370 e. The van der Waals surface area contributed by atoms with Crippen LogP contribution in [0.2, 0.25) is 5.02 Å². The van der Waals surface area contributed by atoms with E-state index in [9.17, 15) is 5.26 Å². The van der Waals surface area contributed by atoms with Crippen LogP contribution in [0.25, 0.3) is 0 Å². The average molecular weight is 252 g/mol. The predicted molar refractivity (Wildman–Crippen MR) is 66.5 cm³/mol. The molecule has 1 aromatic carbocycles. The van der Waals surface area contributed by atoms with Crippen LogP contribution in [0.4, 0.5) is 0 Å². The molecular formula is C13H16ClN2O+. The topological polar surface area (TPSA) is 33.0 Å². The first-order valence-corrected chi connectivity index (χ1v) is 6.10. The maximum Gasteiger partial charge on any atom is 0.202 e. The molecule has 1 fully saturated rings. The van der Waals surface area contributed by atoms with E-state index < -0.39 is 0 Å². The van der Waals surface area contributed by atoms with Gasteiger partial charge >= 0.3 is 0 Å². The number of quaternary nitrogens is 1. The van der Waals surface area contributed by atoms with Crippen LogP contribution < -0.4 is 0 Å². The van der Waals surface area contributed by atoms with Gasteiger partial charge in [0.25, 0.3) is 0 Å². The lowest BCUT2D eigenvalue weighted by Crippen LogP contribution is -2.53. The monoisotopic (exact) mass is 251 g/mol. The van der Waals surface area contributed by atoms with Gasteiger partial charge in [0.1, 0.15) is 19.2 Å². The Morgan fingerprint density at radius 3 is 2.41 bits per heavy atom. The van der Waals surface area contributed by atoms with Crippen molar-refractivity contribution in [2.45, 2.75) is 6.04 Å². The highest BCUT2D eigenvalue weighted by molar-refractivity contribution is 6.30. The van der Waals surface area contributed by atoms with Crippen LogP contribution in [0.15, 0.2) is 24.3 Å². The van der Waals surface area contributed by atoms with Crippen LogP contribution in [-0.2, 0) is 4.74 Å². The minimum atomic E-state index is -0.142. The number of benzene rings is 1. The largest absolute Gasteiger partial charge is 0.370 e. The summed E-state index contributed by atoms with van der Waals surface area (Å²) in [4.78, 5) is 0. The maximum absolute atomic E-state index is 9.43. The lowest BCUT2D eigenvalue weighted by atomic mass is 10.0. The van der Waals surface area contributed by atoms with Crippen molar-refractivity contribution in [3.05, 3.63) is 34.9 Å². The third kappa shape index (κ3) is 2.61. The molecule has 0 spiro atoms. The van der Waals surface area contributed by atoms with Gasteiger partial charge in [-0.15, -0.1) is 0 Å². The second-order valence-corrected chi connectivity index (χ2v) is 5.06. The summed E-state index contributed by atoms with van der Waals surface area (Å²) in [7, 11) is 2.12. The normalized spacial score (nSPS) is 20.5. The van der Waals surface area contributed by atoms with Gasteiger partial charge in [0.05, 0.1) is 20.3 Å². The molecule has 1 heterocycles. The Morgan fingerprint density at radius 2 is 1.88 bits per heavy atom. The van der Waals surface area contributed by atoms with Crippen molar-refractivity contribution in [3.8, 4) is 6.07 Å². The van der Waals surface area contributed by atoms with Gasteiger partial charge in [0, 0.05) is 10.6 Å². The Kier molecular flexibility index (Phi) is 3.68. The highest BCUT2D eigenvalue weighted by Crippen LogP contribution is 2.28. The molecule has 1 aliphatic heterocycles. The number of likely N-dealkylation sites (N-methyl/N-ethyl adjacent to an activating group) is 1. The number of hydrogen-bond donors (Lipinski definition) is 0. The minimum absolute atomic E-state index is 0.142. The second kappa shape index (κ2) is 5.05. The SMILES string of the molecule is C[N+]1(C(C#N)c2ccc(Cl)cc2)CCOCC1. The van der Waals surface area contributed by atoms with E-state index in [1.165, 1.54) is 0 Å². The lowest BCUT2D eigenvalue weighted by molar-refractivity contribution is -0.938. The Balaban J connectivity index is 2.27. The van der Waals surface area contributed by atoms with Crippen molar-refractivity contribution < 1.29 is 9.22 Å². The summed E-state index contributed by atoms with van der Waals surface area (Å²) < 4.78 is 6.09. The first-order chi connectivity index (χ1) is 8.15. The summed E-state index contributed by atoms with van der Waals surface area (Å²) >= 11 is 5.87. The molecular weight excluding hydrogens is 236 g/mol. The quantitative estimate of drug-likeness (QED) is 0.756. The van der Waals surface area contributed by atoms with E-state index in [4.69, 9.17) is 16.3 Å². The average Bonchev–Trinajstić information content (AvgIpc) is 2.33. The molecule has 0 N–H and O–H groups in total. The van der Waals surface area contributed by atoms with E-state index in [1.807, 2.05) is 24.3 Å². The van der Waals surface area contributed by atoms with Crippen LogP contribution in [0.3, 0.4) is 0 Å². The van der Waals surface area contributed by atoms with E-state index in [1.54, 1.807) is 0 Å². The highest BCUT2D eigenvalue weighted by Gasteiger charge is 2.35. The molecule has 1 saturated heterocycles. The molecule has 1 aliphatic rings. The van der Waals surface area contributed by atoms with E-state index in [0.29, 0.717) is 5.02 Å². The second-order valence-electron chi connectivity index (χ2n) is 4.62. The maximum atomic E-state index is 9.43. The van der Waals surface area contributed by atoms with Crippen LogP contribution in [0.5, 0.6) is 0 Å². The number of nitriles is 1.